The zero-order valence-electron chi connectivity index (χ0n) is 34.3. The molecular weight excluding hydrogens is 695 g/mol. The van der Waals surface area contributed by atoms with Crippen molar-refractivity contribution in [3.05, 3.63) is 168 Å². The van der Waals surface area contributed by atoms with Crippen LogP contribution in [0.5, 0.6) is 5.75 Å². The second kappa shape index (κ2) is 14.7. The number of aromatic nitrogens is 3. The summed E-state index contributed by atoms with van der Waals surface area (Å²) in [7, 11) is 0. The Morgan fingerprint density at radius 3 is 1.88 bits per heavy atom. The van der Waals surface area contributed by atoms with Gasteiger partial charge in [-0.1, -0.05) is 159 Å². The van der Waals surface area contributed by atoms with Crippen molar-refractivity contribution in [2.45, 2.75) is 72.1 Å². The highest BCUT2D eigenvalue weighted by Gasteiger charge is 2.29. The number of rotatable bonds is 7. The number of imidazole rings is 1. The molecule has 284 valence electrons. The average Bonchev–Trinajstić information content (AvgIpc) is 3.60. The van der Waals surface area contributed by atoms with Gasteiger partial charge in [-0.3, -0.25) is 9.55 Å². The van der Waals surface area contributed by atoms with E-state index in [1.807, 2.05) is 18.3 Å². The smallest absolute Gasteiger partial charge is 0.149 e. The van der Waals surface area contributed by atoms with Crippen LogP contribution in [0.15, 0.2) is 152 Å². The molecule has 8 aromatic rings. The Labute approximate surface area is 337 Å². The van der Waals surface area contributed by atoms with E-state index in [0.29, 0.717) is 11.7 Å². The highest BCUT2D eigenvalue weighted by molar-refractivity contribution is 5.98. The minimum atomic E-state index is -0.302. The minimum Gasteiger partial charge on any atom is -0.507 e. The van der Waals surface area contributed by atoms with Crippen LogP contribution in [-0.2, 0) is 10.8 Å². The maximum Gasteiger partial charge on any atom is 0.149 e. The molecule has 0 fully saturated rings. The maximum atomic E-state index is 12.3. The van der Waals surface area contributed by atoms with Crippen molar-refractivity contribution in [2.75, 3.05) is 0 Å². The van der Waals surface area contributed by atoms with Gasteiger partial charge in [0.15, 0.2) is 0 Å². The number of para-hydroxylation sites is 2. The van der Waals surface area contributed by atoms with Crippen molar-refractivity contribution in [2.24, 2.45) is 0 Å². The van der Waals surface area contributed by atoms with Crippen LogP contribution < -0.4 is 0 Å². The minimum absolute atomic E-state index is 0.161. The van der Waals surface area contributed by atoms with Gasteiger partial charge in [-0.2, -0.15) is 0 Å². The van der Waals surface area contributed by atoms with Gasteiger partial charge < -0.3 is 5.11 Å². The fourth-order valence-electron chi connectivity index (χ4n) is 7.78. The molecule has 0 aliphatic carbocycles. The van der Waals surface area contributed by atoms with Gasteiger partial charge in [0.2, 0.25) is 0 Å². The predicted molar refractivity (Wildman–Crippen MR) is 239 cm³/mol. The standard InChI is InChI=1S/C53H51N3O/c1-34(2)38-28-39(30-40(29-38)46-31-37(26-27-54-46)35-18-11-9-12-19-35)43-23-17-25-48-49(43)55-51(44-32-41(52(3,4)5)33-45(50(44)57)53(6,7)8)56(48)47-24-16-15-22-42(47)36-20-13-10-14-21-36/h9-34,57H,1-8H3. The van der Waals surface area contributed by atoms with E-state index in [4.69, 9.17) is 9.97 Å². The molecule has 8 rings (SSSR count). The third kappa shape index (κ3) is 7.29. The molecule has 0 saturated heterocycles. The molecule has 0 saturated carbocycles. The van der Waals surface area contributed by atoms with Crippen LogP contribution in [-0.4, -0.2) is 19.6 Å². The number of benzene rings is 6. The number of phenols is 1. The molecule has 0 unspecified atom stereocenters. The Kier molecular flexibility index (Phi) is 9.69. The van der Waals surface area contributed by atoms with Crippen LogP contribution in [0.2, 0.25) is 0 Å². The third-order valence-electron chi connectivity index (χ3n) is 11.0. The van der Waals surface area contributed by atoms with Crippen molar-refractivity contribution >= 4 is 11.0 Å². The van der Waals surface area contributed by atoms with Gasteiger partial charge in [0.25, 0.3) is 0 Å². The normalized spacial score (nSPS) is 12.1. The highest BCUT2D eigenvalue weighted by Crippen LogP contribution is 2.45. The maximum absolute atomic E-state index is 12.3. The predicted octanol–water partition coefficient (Wildman–Crippen LogP) is 14.2. The number of aromatic hydroxyl groups is 1. The van der Waals surface area contributed by atoms with Gasteiger partial charge in [-0.25, -0.2) is 4.98 Å². The first-order chi connectivity index (χ1) is 27.3. The van der Waals surface area contributed by atoms with E-state index in [-0.39, 0.29) is 16.6 Å². The van der Waals surface area contributed by atoms with E-state index in [9.17, 15) is 5.11 Å². The zero-order chi connectivity index (χ0) is 40.1. The van der Waals surface area contributed by atoms with Crippen LogP contribution >= 0.6 is 0 Å². The van der Waals surface area contributed by atoms with Crippen LogP contribution in [0, 0.1) is 0 Å². The van der Waals surface area contributed by atoms with Gasteiger partial charge in [0, 0.05) is 28.5 Å². The first kappa shape index (κ1) is 37.7. The van der Waals surface area contributed by atoms with E-state index in [0.717, 1.165) is 78.0 Å². The molecule has 4 nitrogen and oxygen atoms in total. The number of hydrogen-bond donors (Lipinski definition) is 1. The van der Waals surface area contributed by atoms with Crippen molar-refractivity contribution in [1.82, 2.24) is 14.5 Å². The Bertz CT molecular complexity index is 2730. The van der Waals surface area contributed by atoms with Crippen LogP contribution in [0.1, 0.15) is 78.0 Å². The van der Waals surface area contributed by atoms with E-state index in [1.165, 1.54) is 5.56 Å². The average molecular weight is 746 g/mol. The first-order valence-electron chi connectivity index (χ1n) is 20.0. The first-order valence-corrected chi connectivity index (χ1v) is 20.0. The molecule has 0 spiro atoms. The van der Waals surface area contributed by atoms with Gasteiger partial charge in [-0.15, -0.1) is 0 Å². The lowest BCUT2D eigenvalue weighted by atomic mass is 9.79. The van der Waals surface area contributed by atoms with Gasteiger partial charge in [0.05, 0.1) is 28.0 Å². The summed E-state index contributed by atoms with van der Waals surface area (Å²) in [6.07, 6.45) is 1.91. The quantitative estimate of drug-likeness (QED) is 0.177. The third-order valence-corrected chi connectivity index (χ3v) is 11.0. The number of hydrogen-bond acceptors (Lipinski definition) is 3. The van der Waals surface area contributed by atoms with Crippen LogP contribution in [0.4, 0.5) is 0 Å². The summed E-state index contributed by atoms with van der Waals surface area (Å²) in [5, 5.41) is 12.3. The molecule has 4 heteroatoms. The zero-order valence-corrected chi connectivity index (χ0v) is 34.3. The van der Waals surface area contributed by atoms with Crippen LogP contribution in [0.25, 0.3) is 72.7 Å². The highest BCUT2D eigenvalue weighted by atomic mass is 16.3. The largest absolute Gasteiger partial charge is 0.507 e. The van der Waals surface area contributed by atoms with E-state index >= 15 is 0 Å². The second-order valence-corrected chi connectivity index (χ2v) is 17.5. The SMILES string of the molecule is CC(C)c1cc(-c2cc(-c3ccccc3)ccn2)cc(-c2cccc3c2nc(-c2cc(C(C)(C)C)cc(C(C)(C)C)c2O)n3-c2ccccc2-c2ccccc2)c1. The summed E-state index contributed by atoms with van der Waals surface area (Å²) in [5.41, 5.74) is 14.9. The molecule has 1 N–H and O–H groups in total. The van der Waals surface area contributed by atoms with Gasteiger partial charge in [0.1, 0.15) is 11.6 Å². The van der Waals surface area contributed by atoms with Crippen molar-refractivity contribution in [1.29, 1.82) is 0 Å². The summed E-state index contributed by atoms with van der Waals surface area (Å²) < 4.78 is 2.26. The van der Waals surface area contributed by atoms with Gasteiger partial charge >= 0.3 is 0 Å². The molecule has 0 bridgehead atoms. The Balaban J connectivity index is 1.43. The molecule has 0 atom stereocenters. The molecule has 2 aromatic heterocycles. The van der Waals surface area contributed by atoms with Crippen molar-refractivity contribution in [3.8, 4) is 67.5 Å². The molecule has 0 radical (unpaired) electrons. The van der Waals surface area contributed by atoms with Crippen LogP contribution in [0.3, 0.4) is 0 Å². The Morgan fingerprint density at radius 2 is 1.19 bits per heavy atom. The molecule has 57 heavy (non-hydrogen) atoms. The van der Waals surface area contributed by atoms with Crippen molar-refractivity contribution < 1.29 is 5.11 Å². The summed E-state index contributed by atoms with van der Waals surface area (Å²) in [6, 6.07) is 51.4. The molecular formula is C53H51N3O. The molecule has 2 heterocycles. The summed E-state index contributed by atoms with van der Waals surface area (Å²) in [6.45, 7) is 17.6. The number of fused-ring (bicyclic) bond motifs is 1. The second-order valence-electron chi connectivity index (χ2n) is 17.5. The summed E-state index contributed by atoms with van der Waals surface area (Å²) in [5.74, 6) is 1.26. The molecule has 0 amide bonds. The lowest BCUT2D eigenvalue weighted by Crippen LogP contribution is -2.17. The molecule has 6 aromatic carbocycles. The van der Waals surface area contributed by atoms with E-state index in [2.05, 4.69) is 193 Å². The monoisotopic (exact) mass is 745 g/mol. The lowest BCUT2D eigenvalue weighted by molar-refractivity contribution is 0.446. The van der Waals surface area contributed by atoms with Gasteiger partial charge in [-0.05, 0) is 92.6 Å². The fourth-order valence-corrected chi connectivity index (χ4v) is 7.78. The molecule has 0 aliphatic rings. The summed E-state index contributed by atoms with van der Waals surface area (Å²) >= 11 is 0. The van der Waals surface area contributed by atoms with E-state index < -0.39 is 0 Å². The number of nitrogens with zero attached hydrogens (tertiary/aromatic N) is 3. The number of phenolic OH excluding ortho intramolecular Hbond substituents is 1. The topological polar surface area (TPSA) is 50.9 Å². The van der Waals surface area contributed by atoms with E-state index in [1.54, 1.807) is 0 Å². The lowest BCUT2D eigenvalue weighted by Gasteiger charge is -2.27. The Hall–Kier alpha value is -6.26. The molecule has 0 aliphatic heterocycles. The van der Waals surface area contributed by atoms with Crippen molar-refractivity contribution in [3.63, 3.8) is 0 Å². The Morgan fingerprint density at radius 1 is 0.544 bits per heavy atom. The summed E-state index contributed by atoms with van der Waals surface area (Å²) in [4.78, 5) is 10.5. The number of pyridine rings is 1. The fraction of sp³-hybridized carbons (Fsp3) is 0.208.